The molecule has 7 nitrogen and oxygen atoms in total. The number of carbonyl (C=O) groups is 2. The van der Waals surface area contributed by atoms with Gasteiger partial charge in [-0.25, -0.2) is 4.68 Å². The van der Waals surface area contributed by atoms with Crippen molar-refractivity contribution in [1.82, 2.24) is 15.1 Å². The maximum Gasteiger partial charge on any atom is 0.303 e. The Balaban J connectivity index is 1.24. The summed E-state index contributed by atoms with van der Waals surface area (Å²) in [5, 5.41) is 17.1. The topological polar surface area (TPSA) is 93.5 Å². The highest BCUT2D eigenvalue weighted by Gasteiger charge is 2.48. The molecule has 5 fully saturated rings. The number of rotatable bonds is 9. The Morgan fingerprint density at radius 1 is 1.03 bits per heavy atom. The summed E-state index contributed by atoms with van der Waals surface area (Å²) < 4.78 is 8.14. The van der Waals surface area contributed by atoms with Crippen molar-refractivity contribution < 1.29 is 19.4 Å². The highest BCUT2D eigenvalue weighted by atomic mass is 16.5. The molecule has 0 spiro atoms. The molecule has 1 aromatic heterocycles. The number of amides is 1. The molecule has 5 aliphatic carbocycles. The number of hydrogen-bond donors (Lipinski definition) is 2. The molecule has 0 aliphatic heterocycles. The predicted octanol–water partition coefficient (Wildman–Crippen LogP) is 5.40. The lowest BCUT2D eigenvalue weighted by Crippen LogP contribution is -2.55. The van der Waals surface area contributed by atoms with Crippen LogP contribution in [0.1, 0.15) is 86.6 Å². The van der Waals surface area contributed by atoms with E-state index in [4.69, 9.17) is 9.84 Å². The number of nitrogens with one attached hydrogen (secondary N) is 1. The SMILES string of the molecule is O=C(O)CCc1cccc(-n2ncc(C(=O)NC3C4CC5CC(C4)CC3C5)c2OCC2CCCCC2)c1. The average Bonchev–Trinajstić information content (AvgIpc) is 3.33. The van der Waals surface area contributed by atoms with Crippen LogP contribution in [0.25, 0.3) is 5.69 Å². The van der Waals surface area contributed by atoms with Crippen LogP contribution < -0.4 is 10.1 Å². The normalized spacial score (nSPS) is 28.8. The smallest absolute Gasteiger partial charge is 0.303 e. The Morgan fingerprint density at radius 3 is 2.46 bits per heavy atom. The minimum Gasteiger partial charge on any atom is -0.481 e. The number of aromatic nitrogens is 2. The van der Waals surface area contributed by atoms with E-state index in [2.05, 4.69) is 10.4 Å². The summed E-state index contributed by atoms with van der Waals surface area (Å²) in [6.45, 7) is 0.586. The first-order chi connectivity index (χ1) is 18.0. The van der Waals surface area contributed by atoms with Gasteiger partial charge in [-0.2, -0.15) is 5.10 Å². The van der Waals surface area contributed by atoms with Gasteiger partial charge in [0.05, 0.1) is 18.5 Å². The summed E-state index contributed by atoms with van der Waals surface area (Å²) in [5.41, 5.74) is 2.21. The molecule has 1 heterocycles. The first kappa shape index (κ1) is 24.5. The van der Waals surface area contributed by atoms with Crippen LogP contribution in [-0.4, -0.2) is 39.4 Å². The van der Waals surface area contributed by atoms with Crippen LogP contribution in [0.4, 0.5) is 0 Å². The van der Waals surface area contributed by atoms with Crippen molar-refractivity contribution in [1.29, 1.82) is 0 Å². The molecule has 0 radical (unpaired) electrons. The average molecular weight is 506 g/mol. The highest BCUT2D eigenvalue weighted by Crippen LogP contribution is 2.53. The van der Waals surface area contributed by atoms with E-state index in [1.54, 1.807) is 10.9 Å². The molecule has 2 N–H and O–H groups in total. The third kappa shape index (κ3) is 5.27. The van der Waals surface area contributed by atoms with Gasteiger partial charge in [0.25, 0.3) is 5.91 Å². The van der Waals surface area contributed by atoms with E-state index >= 15 is 0 Å². The van der Waals surface area contributed by atoms with Crippen LogP contribution >= 0.6 is 0 Å². The van der Waals surface area contributed by atoms with E-state index in [1.165, 1.54) is 51.4 Å². The quantitative estimate of drug-likeness (QED) is 0.476. The van der Waals surface area contributed by atoms with E-state index in [0.717, 1.165) is 35.9 Å². The van der Waals surface area contributed by atoms with Gasteiger partial charge in [-0.3, -0.25) is 9.59 Å². The van der Waals surface area contributed by atoms with Crippen molar-refractivity contribution in [3.8, 4) is 11.6 Å². The predicted molar refractivity (Wildman–Crippen MR) is 140 cm³/mol. The Kier molecular flexibility index (Phi) is 6.96. The van der Waals surface area contributed by atoms with Gasteiger partial charge in [-0.05, 0) is 98.7 Å². The zero-order valence-electron chi connectivity index (χ0n) is 21.6. The Labute approximate surface area is 219 Å². The summed E-state index contributed by atoms with van der Waals surface area (Å²) in [4.78, 5) is 24.8. The fraction of sp³-hybridized carbons (Fsp3) is 0.633. The second-order valence-electron chi connectivity index (χ2n) is 12.1. The first-order valence-electron chi connectivity index (χ1n) is 14.4. The third-order valence-electron chi connectivity index (χ3n) is 9.46. The monoisotopic (exact) mass is 505 g/mol. The zero-order chi connectivity index (χ0) is 25.4. The van der Waals surface area contributed by atoms with Crippen LogP contribution in [0.2, 0.25) is 0 Å². The number of carboxylic acids is 1. The first-order valence-corrected chi connectivity index (χ1v) is 14.4. The molecule has 198 valence electrons. The van der Waals surface area contributed by atoms with Gasteiger partial charge >= 0.3 is 5.97 Å². The molecule has 2 aromatic rings. The van der Waals surface area contributed by atoms with Gasteiger partial charge in [-0.1, -0.05) is 31.4 Å². The second-order valence-corrected chi connectivity index (χ2v) is 12.1. The molecule has 5 saturated carbocycles. The lowest BCUT2D eigenvalue weighted by molar-refractivity contribution is -0.136. The number of ether oxygens (including phenoxy) is 1. The molecule has 4 bridgehead atoms. The van der Waals surface area contributed by atoms with Gasteiger partial charge in [0.1, 0.15) is 5.56 Å². The molecule has 0 atom stereocenters. The van der Waals surface area contributed by atoms with Crippen LogP contribution in [-0.2, 0) is 11.2 Å². The molecule has 37 heavy (non-hydrogen) atoms. The number of aliphatic carboxylic acids is 1. The van der Waals surface area contributed by atoms with Crippen LogP contribution in [0.15, 0.2) is 30.5 Å². The molecule has 7 rings (SSSR count). The van der Waals surface area contributed by atoms with Crippen molar-refractivity contribution in [3.63, 3.8) is 0 Å². The van der Waals surface area contributed by atoms with E-state index < -0.39 is 5.97 Å². The second kappa shape index (κ2) is 10.5. The van der Waals surface area contributed by atoms with Crippen LogP contribution in [0.5, 0.6) is 5.88 Å². The number of benzene rings is 1. The van der Waals surface area contributed by atoms with Crippen LogP contribution in [0.3, 0.4) is 0 Å². The molecule has 1 aromatic carbocycles. The van der Waals surface area contributed by atoms with Gasteiger partial charge in [0, 0.05) is 12.5 Å². The van der Waals surface area contributed by atoms with Crippen molar-refractivity contribution in [2.75, 3.05) is 6.61 Å². The lowest BCUT2D eigenvalue weighted by Gasteiger charge is -2.54. The Hall–Kier alpha value is -2.83. The van der Waals surface area contributed by atoms with E-state index in [-0.39, 0.29) is 18.4 Å². The largest absolute Gasteiger partial charge is 0.481 e. The molecule has 7 heteroatoms. The zero-order valence-corrected chi connectivity index (χ0v) is 21.6. The van der Waals surface area contributed by atoms with Gasteiger partial charge in [0.15, 0.2) is 0 Å². The summed E-state index contributed by atoms with van der Waals surface area (Å²) in [5.74, 6) is 3.04. The number of hydrogen-bond acceptors (Lipinski definition) is 4. The third-order valence-corrected chi connectivity index (χ3v) is 9.46. The van der Waals surface area contributed by atoms with E-state index in [1.807, 2.05) is 24.3 Å². The summed E-state index contributed by atoms with van der Waals surface area (Å²) >= 11 is 0. The number of carboxylic acid groups (broad SMARTS) is 1. The van der Waals surface area contributed by atoms with Crippen molar-refractivity contribution in [3.05, 3.63) is 41.6 Å². The van der Waals surface area contributed by atoms with Gasteiger partial charge in [0.2, 0.25) is 5.88 Å². The summed E-state index contributed by atoms with van der Waals surface area (Å²) in [6.07, 6.45) is 14.7. The minimum absolute atomic E-state index is 0.0761. The standard InChI is InChI=1S/C30H39N3O4/c34-27(35)10-9-19-7-4-8-25(16-19)33-30(37-18-20-5-2-1-3-6-20)26(17-31-33)29(36)32-28-23-12-21-11-22(14-23)15-24(28)13-21/h4,7-8,16-17,20-24,28H,1-3,5-6,9-15,18H2,(H,32,36)(H,34,35). The molecule has 5 aliphatic rings. The summed E-state index contributed by atoms with van der Waals surface area (Å²) in [7, 11) is 0. The maximum atomic E-state index is 13.7. The van der Waals surface area contributed by atoms with Gasteiger partial charge < -0.3 is 15.2 Å². The molecular formula is C30H39N3O4. The van der Waals surface area contributed by atoms with Crippen molar-refractivity contribution in [2.24, 2.45) is 29.6 Å². The van der Waals surface area contributed by atoms with Gasteiger partial charge in [-0.15, -0.1) is 0 Å². The molecule has 1 amide bonds. The number of nitrogens with zero attached hydrogens (tertiary/aromatic N) is 2. The Morgan fingerprint density at radius 2 is 1.76 bits per heavy atom. The number of aryl methyl sites for hydroxylation is 1. The van der Waals surface area contributed by atoms with E-state index in [0.29, 0.717) is 42.2 Å². The van der Waals surface area contributed by atoms with E-state index in [9.17, 15) is 9.59 Å². The van der Waals surface area contributed by atoms with Crippen molar-refractivity contribution >= 4 is 11.9 Å². The fourth-order valence-corrected chi connectivity index (χ4v) is 7.85. The van der Waals surface area contributed by atoms with Crippen molar-refractivity contribution in [2.45, 2.75) is 83.1 Å². The lowest BCUT2D eigenvalue weighted by atomic mass is 9.54. The highest BCUT2D eigenvalue weighted by molar-refractivity contribution is 5.96. The number of carbonyl (C=O) groups excluding carboxylic acids is 1. The molecule has 0 saturated heterocycles. The maximum absolute atomic E-state index is 13.7. The minimum atomic E-state index is -0.815. The molecule has 0 unspecified atom stereocenters. The van der Waals surface area contributed by atoms with Crippen LogP contribution in [0, 0.1) is 29.6 Å². The summed E-state index contributed by atoms with van der Waals surface area (Å²) in [6, 6.07) is 7.98. The fourth-order valence-electron chi connectivity index (χ4n) is 7.85. The Bertz CT molecular complexity index is 1110. The molecular weight excluding hydrogens is 466 g/mol.